The molecule has 0 saturated carbocycles. The van der Waals surface area contributed by atoms with E-state index in [2.05, 4.69) is 20.6 Å². The first-order valence-corrected chi connectivity index (χ1v) is 8.83. The molecule has 1 aromatic heterocycles. The average Bonchev–Trinajstić information content (AvgIpc) is 3.04. The molecule has 140 valence electrons. The molecule has 9 heteroatoms. The monoisotopic (exact) mass is 352 g/mol. The van der Waals surface area contributed by atoms with E-state index in [0.29, 0.717) is 19.0 Å². The molecule has 0 atom stereocenters. The summed E-state index contributed by atoms with van der Waals surface area (Å²) in [5.41, 5.74) is 1.17. The highest BCUT2D eigenvalue weighted by atomic mass is 16.7. The second kappa shape index (κ2) is 10.5. The Hall–Kier alpha value is -2.29. The van der Waals surface area contributed by atoms with E-state index in [9.17, 15) is 10.1 Å². The molecule has 25 heavy (non-hydrogen) atoms. The minimum atomic E-state index is -0.485. The van der Waals surface area contributed by atoms with E-state index >= 15 is 0 Å². The first-order valence-electron chi connectivity index (χ1n) is 8.83. The number of piperidine rings is 1. The molecular weight excluding hydrogens is 324 g/mol. The Morgan fingerprint density at radius 2 is 2.20 bits per heavy atom. The Bertz CT molecular complexity index is 554. The molecular formula is C16H28N6O3. The summed E-state index contributed by atoms with van der Waals surface area (Å²) >= 11 is 0. The zero-order valence-electron chi connectivity index (χ0n) is 14.8. The van der Waals surface area contributed by atoms with Crippen molar-refractivity contribution < 1.29 is 9.76 Å². The van der Waals surface area contributed by atoms with Gasteiger partial charge in [0, 0.05) is 25.7 Å². The molecule has 0 aromatic carbocycles. The molecule has 0 unspecified atom stereocenters. The Morgan fingerprint density at radius 1 is 1.40 bits per heavy atom. The van der Waals surface area contributed by atoms with Gasteiger partial charge in [-0.15, -0.1) is 9.94 Å². The number of likely N-dealkylation sites (tertiary alicyclic amines) is 1. The Morgan fingerprint density at radius 3 is 2.92 bits per heavy atom. The standard InChI is InChI=1S/C16H28N6O3/c1-17-16(14-22(23)24)18-7-3-6-10-25-21-13-15(11-19-21)12-20-8-4-2-5-9-20/h11,13-14,17-18H,2-10,12H2,1H3. The molecule has 2 N–H and O–H groups in total. The maximum Gasteiger partial charge on any atom is 0.274 e. The lowest BCUT2D eigenvalue weighted by atomic mass is 10.1. The van der Waals surface area contributed by atoms with Crippen LogP contribution in [0.1, 0.15) is 37.7 Å². The summed E-state index contributed by atoms with van der Waals surface area (Å²) in [6.45, 7) is 4.46. The van der Waals surface area contributed by atoms with Gasteiger partial charge >= 0.3 is 0 Å². The van der Waals surface area contributed by atoms with Crippen molar-refractivity contribution in [2.75, 3.05) is 33.3 Å². The lowest BCUT2D eigenvalue weighted by Crippen LogP contribution is -2.28. The van der Waals surface area contributed by atoms with Gasteiger partial charge in [-0.05, 0) is 38.8 Å². The summed E-state index contributed by atoms with van der Waals surface area (Å²) in [6, 6.07) is 0. The van der Waals surface area contributed by atoms with Crippen molar-refractivity contribution in [3.8, 4) is 0 Å². The predicted molar refractivity (Wildman–Crippen MR) is 94.2 cm³/mol. The molecule has 1 aliphatic rings. The lowest BCUT2D eigenvalue weighted by molar-refractivity contribution is -0.404. The molecule has 1 aromatic rings. The maximum absolute atomic E-state index is 10.4. The number of hydrogen-bond donors (Lipinski definition) is 2. The number of nitro groups is 1. The largest absolute Gasteiger partial charge is 0.397 e. The molecule has 0 radical (unpaired) electrons. The van der Waals surface area contributed by atoms with Crippen LogP contribution in [-0.2, 0) is 6.54 Å². The molecule has 1 saturated heterocycles. The number of nitrogens with one attached hydrogen (secondary N) is 2. The molecule has 0 aliphatic carbocycles. The van der Waals surface area contributed by atoms with Crippen LogP contribution < -0.4 is 15.5 Å². The summed E-state index contributed by atoms with van der Waals surface area (Å²) in [4.78, 5) is 19.5. The van der Waals surface area contributed by atoms with Gasteiger partial charge in [0.25, 0.3) is 6.20 Å². The highest BCUT2D eigenvalue weighted by Crippen LogP contribution is 2.12. The molecule has 9 nitrogen and oxygen atoms in total. The van der Waals surface area contributed by atoms with E-state index in [-0.39, 0.29) is 0 Å². The van der Waals surface area contributed by atoms with Crippen molar-refractivity contribution in [3.05, 3.63) is 40.1 Å². The van der Waals surface area contributed by atoms with Gasteiger partial charge in [0.1, 0.15) is 6.61 Å². The van der Waals surface area contributed by atoms with Crippen LogP contribution in [0.3, 0.4) is 0 Å². The lowest BCUT2D eigenvalue weighted by Gasteiger charge is -2.25. The van der Waals surface area contributed by atoms with Crippen molar-refractivity contribution in [2.45, 2.75) is 38.6 Å². The van der Waals surface area contributed by atoms with Crippen LogP contribution in [0.4, 0.5) is 0 Å². The van der Waals surface area contributed by atoms with Crippen LogP contribution in [-0.4, -0.2) is 53.1 Å². The number of aromatic nitrogens is 2. The summed E-state index contributed by atoms with van der Waals surface area (Å²) in [5, 5.41) is 20.4. The van der Waals surface area contributed by atoms with Crippen LogP contribution >= 0.6 is 0 Å². The van der Waals surface area contributed by atoms with E-state index in [1.54, 1.807) is 7.05 Å². The van der Waals surface area contributed by atoms with Gasteiger partial charge in [0.2, 0.25) is 0 Å². The van der Waals surface area contributed by atoms with Gasteiger partial charge in [-0.2, -0.15) is 0 Å². The second-order valence-corrected chi connectivity index (χ2v) is 6.13. The summed E-state index contributed by atoms with van der Waals surface area (Å²) in [7, 11) is 1.64. The smallest absolute Gasteiger partial charge is 0.274 e. The van der Waals surface area contributed by atoms with Crippen molar-refractivity contribution in [3.63, 3.8) is 0 Å². The first-order chi connectivity index (χ1) is 12.2. The third kappa shape index (κ3) is 7.42. The third-order valence-corrected chi connectivity index (χ3v) is 4.08. The topological polar surface area (TPSA) is 97.5 Å². The third-order valence-electron chi connectivity index (χ3n) is 4.08. The van der Waals surface area contributed by atoms with Gasteiger partial charge < -0.3 is 15.5 Å². The van der Waals surface area contributed by atoms with Crippen molar-refractivity contribution >= 4 is 0 Å². The van der Waals surface area contributed by atoms with Crippen LogP contribution in [0.25, 0.3) is 0 Å². The van der Waals surface area contributed by atoms with Gasteiger partial charge in [-0.3, -0.25) is 15.0 Å². The van der Waals surface area contributed by atoms with Crippen LogP contribution in [0.15, 0.2) is 24.4 Å². The molecule has 1 aliphatic heterocycles. The fourth-order valence-corrected chi connectivity index (χ4v) is 2.78. The van der Waals surface area contributed by atoms with E-state index < -0.39 is 4.92 Å². The highest BCUT2D eigenvalue weighted by Gasteiger charge is 2.11. The van der Waals surface area contributed by atoms with Gasteiger partial charge in [-0.25, -0.2) is 0 Å². The first kappa shape index (κ1) is 19.0. The minimum Gasteiger partial charge on any atom is -0.397 e. The summed E-state index contributed by atoms with van der Waals surface area (Å²) in [6.07, 6.45) is 10.3. The van der Waals surface area contributed by atoms with Crippen LogP contribution in [0.2, 0.25) is 0 Å². The van der Waals surface area contributed by atoms with Gasteiger partial charge in [0.05, 0.1) is 17.3 Å². The molecule has 2 heterocycles. The molecule has 0 amide bonds. The minimum absolute atomic E-state index is 0.403. The van der Waals surface area contributed by atoms with Crippen molar-refractivity contribution in [1.82, 2.24) is 25.5 Å². The zero-order chi connectivity index (χ0) is 17.9. The van der Waals surface area contributed by atoms with Crippen LogP contribution in [0, 0.1) is 10.1 Å². The number of unbranched alkanes of at least 4 members (excludes halogenated alkanes) is 1. The SMILES string of the molecule is CNC(=C[N+](=O)[O-])NCCCCOn1cc(CN2CCCCC2)cn1. The van der Waals surface area contributed by atoms with Gasteiger partial charge in [0.15, 0.2) is 5.82 Å². The quantitative estimate of drug-likeness (QED) is 0.348. The summed E-state index contributed by atoms with van der Waals surface area (Å²) in [5.74, 6) is 0.403. The Labute approximate surface area is 148 Å². The van der Waals surface area contributed by atoms with E-state index in [1.165, 1.54) is 42.8 Å². The van der Waals surface area contributed by atoms with Crippen molar-refractivity contribution in [1.29, 1.82) is 0 Å². The van der Waals surface area contributed by atoms with Crippen molar-refractivity contribution in [2.24, 2.45) is 0 Å². The zero-order valence-corrected chi connectivity index (χ0v) is 14.8. The molecule has 1 fully saturated rings. The fraction of sp³-hybridized carbons (Fsp3) is 0.688. The van der Waals surface area contributed by atoms with E-state index in [0.717, 1.165) is 25.6 Å². The normalized spacial score (nSPS) is 15.8. The van der Waals surface area contributed by atoms with E-state index in [4.69, 9.17) is 4.84 Å². The van der Waals surface area contributed by atoms with Gasteiger partial charge in [-0.1, -0.05) is 6.42 Å². The number of hydrogen-bond acceptors (Lipinski definition) is 7. The maximum atomic E-state index is 10.4. The molecule has 0 bridgehead atoms. The van der Waals surface area contributed by atoms with E-state index in [1.807, 2.05) is 12.4 Å². The number of nitrogens with zero attached hydrogens (tertiary/aromatic N) is 4. The average molecular weight is 352 g/mol. The summed E-state index contributed by atoms with van der Waals surface area (Å²) < 4.78 is 0. The molecule has 2 rings (SSSR count). The Balaban J connectivity index is 1.58. The highest BCUT2D eigenvalue weighted by molar-refractivity contribution is 5.03. The number of rotatable bonds is 11. The molecule has 0 spiro atoms. The van der Waals surface area contributed by atoms with Crippen LogP contribution in [0.5, 0.6) is 0 Å². The second-order valence-electron chi connectivity index (χ2n) is 6.13. The fourth-order valence-electron chi connectivity index (χ4n) is 2.78. The Kier molecular flexibility index (Phi) is 8.03. The predicted octanol–water partition coefficient (Wildman–Crippen LogP) is 0.962.